The van der Waals surface area contributed by atoms with E-state index in [9.17, 15) is 66.4 Å². The smallest absolute Gasteiger partial charge is 0.187 e. The van der Waals surface area contributed by atoms with Gasteiger partial charge >= 0.3 is 0 Å². The van der Waals surface area contributed by atoms with E-state index in [1.54, 1.807) is 0 Å². The zero-order chi connectivity index (χ0) is 31.7. The summed E-state index contributed by atoms with van der Waals surface area (Å²) in [6.45, 7) is -3.07. The number of aliphatic hydroxyl groups is 13. The first-order valence-corrected chi connectivity index (χ1v) is 13.5. The van der Waals surface area contributed by atoms with Crippen molar-refractivity contribution in [1.82, 2.24) is 0 Å². The van der Waals surface area contributed by atoms with E-state index in [1.165, 1.54) is 0 Å². The molecule has 20 heteroatoms. The van der Waals surface area contributed by atoms with Crippen LogP contribution in [0.4, 0.5) is 0 Å². The van der Waals surface area contributed by atoms with Crippen LogP contribution in [0.3, 0.4) is 0 Å². The molecule has 0 spiro atoms. The summed E-state index contributed by atoms with van der Waals surface area (Å²) in [5, 5.41) is 132. The van der Waals surface area contributed by atoms with E-state index in [0.29, 0.717) is 0 Å². The van der Waals surface area contributed by atoms with Crippen molar-refractivity contribution in [2.45, 2.75) is 117 Å². The van der Waals surface area contributed by atoms with E-state index in [0.717, 1.165) is 0 Å². The highest BCUT2D eigenvalue weighted by molar-refractivity contribution is 4.97. The highest BCUT2D eigenvalue weighted by Crippen LogP contribution is 2.34. The molecule has 43 heavy (non-hydrogen) atoms. The third-order valence-electron chi connectivity index (χ3n) is 7.81. The van der Waals surface area contributed by atoms with Crippen LogP contribution in [0.5, 0.6) is 0 Å². The maximum absolute atomic E-state index is 11.4. The van der Waals surface area contributed by atoms with Gasteiger partial charge in [0, 0.05) is 0 Å². The van der Waals surface area contributed by atoms with E-state index in [4.69, 9.17) is 33.2 Å². The maximum Gasteiger partial charge on any atom is 0.187 e. The molecule has 0 saturated carbocycles. The molecule has 20 nitrogen and oxygen atoms in total. The Kier molecular flexibility index (Phi) is 12.0. The largest absolute Gasteiger partial charge is 0.394 e. The Balaban J connectivity index is 1.61. The lowest BCUT2D eigenvalue weighted by molar-refractivity contribution is -0.397. The van der Waals surface area contributed by atoms with Gasteiger partial charge in [0.25, 0.3) is 0 Å². The fraction of sp³-hybridized carbons (Fsp3) is 1.00. The van der Waals surface area contributed by atoms with Crippen LogP contribution in [0.25, 0.3) is 0 Å². The number of aliphatic hydroxyl groups excluding tert-OH is 13. The van der Waals surface area contributed by atoms with Crippen LogP contribution in [-0.4, -0.2) is 210 Å². The fourth-order valence-corrected chi connectivity index (χ4v) is 5.24. The van der Waals surface area contributed by atoms with Gasteiger partial charge in [-0.25, -0.2) is 0 Å². The van der Waals surface area contributed by atoms with Gasteiger partial charge in [-0.2, -0.15) is 0 Å². The molecule has 4 aliphatic heterocycles. The van der Waals surface area contributed by atoms with E-state index in [2.05, 4.69) is 0 Å². The number of hydrogen-bond acceptors (Lipinski definition) is 20. The molecule has 19 atom stereocenters. The van der Waals surface area contributed by atoms with Crippen LogP contribution in [0.15, 0.2) is 0 Å². The Hall–Kier alpha value is -0.800. The van der Waals surface area contributed by atoms with Gasteiger partial charge in [0.05, 0.1) is 26.4 Å². The van der Waals surface area contributed by atoms with Gasteiger partial charge in [-0.15, -0.1) is 0 Å². The lowest BCUT2D eigenvalue weighted by Gasteiger charge is -2.49. The predicted molar refractivity (Wildman–Crippen MR) is 128 cm³/mol. The van der Waals surface area contributed by atoms with Crippen LogP contribution in [0.2, 0.25) is 0 Å². The Morgan fingerprint density at radius 3 is 1.58 bits per heavy atom. The van der Waals surface area contributed by atoms with Gasteiger partial charge in [0.2, 0.25) is 0 Å². The highest BCUT2D eigenvalue weighted by atomic mass is 16.8. The highest BCUT2D eigenvalue weighted by Gasteiger charge is 2.55. The molecule has 0 aromatic rings. The van der Waals surface area contributed by atoms with Gasteiger partial charge in [-0.1, -0.05) is 0 Å². The molecule has 0 aliphatic carbocycles. The van der Waals surface area contributed by atoms with Gasteiger partial charge in [0.15, 0.2) is 25.2 Å². The molecule has 4 heterocycles. The quantitative estimate of drug-likeness (QED) is 0.112. The number of ether oxygens (including phenoxy) is 7. The molecule has 252 valence electrons. The topological polar surface area (TPSA) is 328 Å². The predicted octanol–water partition coefficient (Wildman–Crippen LogP) is -9.11. The fourth-order valence-electron chi connectivity index (χ4n) is 5.24. The molecule has 13 N–H and O–H groups in total. The van der Waals surface area contributed by atoms with Crippen molar-refractivity contribution >= 4 is 0 Å². The van der Waals surface area contributed by atoms with Crippen LogP contribution >= 0.6 is 0 Å². The lowest BCUT2D eigenvalue weighted by Crippen LogP contribution is -2.68. The van der Waals surface area contributed by atoms with E-state index in [1.807, 2.05) is 0 Å². The second kappa shape index (κ2) is 14.7. The molecule has 0 bridgehead atoms. The summed E-state index contributed by atoms with van der Waals surface area (Å²) in [6, 6.07) is 0. The molecule has 4 saturated heterocycles. The van der Waals surface area contributed by atoms with Crippen molar-refractivity contribution in [1.29, 1.82) is 0 Å². The molecule has 4 unspecified atom stereocenters. The minimum atomic E-state index is -1.98. The lowest BCUT2D eigenvalue weighted by atomic mass is 9.95. The summed E-state index contributed by atoms with van der Waals surface area (Å²) in [5.74, 6) is 0. The van der Waals surface area contributed by atoms with Crippen LogP contribution in [0, 0.1) is 0 Å². The third kappa shape index (κ3) is 7.13. The van der Waals surface area contributed by atoms with Crippen molar-refractivity contribution in [3.8, 4) is 0 Å². The molecule has 0 amide bonds. The normalized spacial score (nSPS) is 53.1. The molecular formula is C23H40O20. The average molecular weight is 637 g/mol. The Labute approximate surface area is 243 Å². The summed E-state index contributed by atoms with van der Waals surface area (Å²) in [5.41, 5.74) is 0. The van der Waals surface area contributed by atoms with Crippen molar-refractivity contribution in [3.05, 3.63) is 0 Å². The van der Waals surface area contributed by atoms with Crippen LogP contribution < -0.4 is 0 Å². The summed E-state index contributed by atoms with van der Waals surface area (Å²) < 4.78 is 38.3. The monoisotopic (exact) mass is 636 g/mol. The van der Waals surface area contributed by atoms with Crippen molar-refractivity contribution in [2.24, 2.45) is 0 Å². The molecular weight excluding hydrogens is 596 g/mol. The summed E-state index contributed by atoms with van der Waals surface area (Å²) >= 11 is 0. The average Bonchev–Trinajstić information content (AvgIpc) is 2.99. The summed E-state index contributed by atoms with van der Waals surface area (Å²) in [6.07, 6.45) is -33.4. The minimum absolute atomic E-state index is 0.520. The van der Waals surface area contributed by atoms with Gasteiger partial charge in [-0.3, -0.25) is 0 Å². The second-order valence-electron chi connectivity index (χ2n) is 10.7. The molecule has 4 fully saturated rings. The van der Waals surface area contributed by atoms with Crippen LogP contribution in [-0.2, 0) is 33.2 Å². The minimum Gasteiger partial charge on any atom is -0.394 e. The molecule has 4 aliphatic rings. The molecule has 4 rings (SSSR count). The first-order chi connectivity index (χ1) is 20.3. The molecule has 0 aromatic heterocycles. The third-order valence-corrected chi connectivity index (χ3v) is 7.81. The first kappa shape index (κ1) is 35.1. The van der Waals surface area contributed by atoms with Crippen LogP contribution in [0.1, 0.15) is 0 Å². The van der Waals surface area contributed by atoms with Crippen molar-refractivity contribution in [2.75, 3.05) is 26.4 Å². The zero-order valence-electron chi connectivity index (χ0n) is 22.5. The maximum atomic E-state index is 11.4. The number of hydrogen-bond donors (Lipinski definition) is 13. The summed E-state index contributed by atoms with van der Waals surface area (Å²) in [4.78, 5) is 0. The van der Waals surface area contributed by atoms with E-state index in [-0.39, 0.29) is 0 Å². The summed E-state index contributed by atoms with van der Waals surface area (Å²) in [7, 11) is 0. The van der Waals surface area contributed by atoms with Gasteiger partial charge in [-0.05, 0) is 0 Å². The number of rotatable bonds is 9. The first-order valence-electron chi connectivity index (χ1n) is 13.5. The standard InChI is InChI=1S/C23H40O20/c24-1-6-10(29)11(30)15(34)22(39-6)41-18-8(3-26)40-23(42-17-7(2-25)38-20(36)13(32)12(17)31)19(16(18)35)43-21-14(33)9(28)5(27)4-37-21/h5-36H,1-4H2/t5-,6-,7-,8-,9+,10-,11+,12-,13-,14-,15-,16+,17+,18-,19-,20?,21?,22?,23?/m1/s1. The SMILES string of the molecule is OC[C@H]1OC(O[C@H]2[C@H](O)[C@@H](OC3OC[C@@H](O)[C@H](O)[C@H]3O)C(O[C@@H]3[C@H](O)[C@@H](O)C(O)O[C@@H]3CO)O[C@@H]2CO)[C@H](O)[C@@H](O)[C@@H]1O. The Morgan fingerprint density at radius 2 is 0.953 bits per heavy atom. The Morgan fingerprint density at radius 1 is 0.442 bits per heavy atom. The van der Waals surface area contributed by atoms with E-state index < -0.39 is 143 Å². The van der Waals surface area contributed by atoms with Crippen molar-refractivity contribution < 1.29 is 99.5 Å². The van der Waals surface area contributed by atoms with E-state index >= 15 is 0 Å². The molecule has 0 aromatic carbocycles. The van der Waals surface area contributed by atoms with Gasteiger partial charge in [0.1, 0.15) is 91.6 Å². The van der Waals surface area contributed by atoms with Crippen molar-refractivity contribution in [3.63, 3.8) is 0 Å². The molecule has 0 radical (unpaired) electrons. The second-order valence-corrected chi connectivity index (χ2v) is 10.7. The van der Waals surface area contributed by atoms with Gasteiger partial charge < -0.3 is 99.5 Å². The zero-order valence-corrected chi connectivity index (χ0v) is 22.5. The Bertz CT molecular complexity index is 867.